The smallest absolute Gasteiger partial charge is 0.0409 e. The Bertz CT molecular complexity index is 611. The lowest BCUT2D eigenvalue weighted by Crippen LogP contribution is -2.21. The molecule has 1 nitrogen and oxygen atoms in total. The van der Waals surface area contributed by atoms with Gasteiger partial charge < -0.3 is 0 Å². The second-order valence-corrected chi connectivity index (χ2v) is 5.93. The molecular weight excluding hydrogens is 289 g/mol. The molecule has 0 saturated carbocycles. The first kappa shape index (κ1) is 13.7. The second-order valence-electron chi connectivity index (χ2n) is 5.06. The Hall–Kier alpha value is -1.28. The van der Waals surface area contributed by atoms with E-state index < -0.39 is 0 Å². The van der Waals surface area contributed by atoms with Crippen molar-refractivity contribution in [3.8, 4) is 11.1 Å². The average Bonchev–Trinajstić information content (AvgIpc) is 2.54. The summed E-state index contributed by atoms with van der Waals surface area (Å²) in [6.07, 6.45) is 1.93. The van der Waals surface area contributed by atoms with Crippen LogP contribution in [0.4, 0.5) is 0 Å². The lowest BCUT2D eigenvalue weighted by Gasteiger charge is -2.19. The molecule has 0 saturated heterocycles. The summed E-state index contributed by atoms with van der Waals surface area (Å²) in [6, 6.07) is 12.2. The Morgan fingerprint density at radius 2 is 1.45 bits per heavy atom. The molecule has 0 amide bonds. The summed E-state index contributed by atoms with van der Waals surface area (Å²) in [5.41, 5.74) is 4.99. The van der Waals surface area contributed by atoms with Gasteiger partial charge in [-0.1, -0.05) is 41.4 Å². The monoisotopic (exact) mass is 303 g/mol. The lowest BCUT2D eigenvalue weighted by atomic mass is 9.97. The minimum atomic E-state index is 0.778. The zero-order chi connectivity index (χ0) is 14.1. The van der Waals surface area contributed by atoms with Crippen LogP contribution >= 0.6 is 23.2 Å². The SMILES string of the molecule is C=CCN1Cc2cc(Cl)ccc2-c2ccc(Cl)cc2C1. The van der Waals surface area contributed by atoms with E-state index in [2.05, 4.69) is 35.7 Å². The van der Waals surface area contributed by atoms with Gasteiger partial charge in [-0.05, 0) is 46.5 Å². The number of rotatable bonds is 2. The van der Waals surface area contributed by atoms with Crippen LogP contribution in [0.3, 0.4) is 0 Å². The molecule has 0 N–H and O–H groups in total. The number of fused-ring (bicyclic) bond motifs is 3. The highest BCUT2D eigenvalue weighted by Crippen LogP contribution is 2.35. The highest BCUT2D eigenvalue weighted by atomic mass is 35.5. The van der Waals surface area contributed by atoms with Crippen LogP contribution in [0.5, 0.6) is 0 Å². The third kappa shape index (κ3) is 2.62. The van der Waals surface area contributed by atoms with Crippen LogP contribution in [-0.2, 0) is 13.1 Å². The molecule has 0 spiro atoms. The van der Waals surface area contributed by atoms with Gasteiger partial charge in [-0.25, -0.2) is 0 Å². The Morgan fingerprint density at radius 1 is 0.950 bits per heavy atom. The van der Waals surface area contributed by atoms with E-state index in [4.69, 9.17) is 23.2 Å². The lowest BCUT2D eigenvalue weighted by molar-refractivity contribution is 0.289. The first-order chi connectivity index (χ1) is 9.67. The molecule has 0 atom stereocenters. The fourth-order valence-corrected chi connectivity index (χ4v) is 3.15. The summed E-state index contributed by atoms with van der Waals surface area (Å²) < 4.78 is 0. The van der Waals surface area contributed by atoms with Crippen molar-refractivity contribution < 1.29 is 0 Å². The predicted octanol–water partition coefficient (Wildman–Crippen LogP) is 5.16. The topological polar surface area (TPSA) is 3.24 Å². The molecule has 1 aliphatic rings. The van der Waals surface area contributed by atoms with Gasteiger partial charge in [0.1, 0.15) is 0 Å². The average molecular weight is 304 g/mol. The van der Waals surface area contributed by atoms with Crippen LogP contribution in [0.15, 0.2) is 49.1 Å². The zero-order valence-corrected chi connectivity index (χ0v) is 12.6. The predicted molar refractivity (Wildman–Crippen MR) is 86.2 cm³/mol. The van der Waals surface area contributed by atoms with E-state index >= 15 is 0 Å². The van der Waals surface area contributed by atoms with E-state index in [0.717, 1.165) is 29.7 Å². The molecule has 1 aliphatic heterocycles. The molecule has 1 heterocycles. The maximum Gasteiger partial charge on any atom is 0.0409 e. The molecule has 102 valence electrons. The van der Waals surface area contributed by atoms with Gasteiger partial charge in [-0.15, -0.1) is 6.58 Å². The molecule has 0 bridgehead atoms. The third-order valence-corrected chi connectivity index (χ3v) is 4.07. The Labute approximate surface area is 129 Å². The fourth-order valence-electron chi connectivity index (χ4n) is 2.76. The Balaban J connectivity index is 2.18. The minimum absolute atomic E-state index is 0.778. The van der Waals surface area contributed by atoms with E-state index in [-0.39, 0.29) is 0 Å². The molecule has 0 aromatic heterocycles. The van der Waals surface area contributed by atoms with Crippen molar-refractivity contribution in [2.24, 2.45) is 0 Å². The van der Waals surface area contributed by atoms with Crippen molar-refractivity contribution >= 4 is 23.2 Å². The fraction of sp³-hybridized carbons (Fsp3) is 0.176. The highest BCUT2D eigenvalue weighted by molar-refractivity contribution is 6.31. The minimum Gasteiger partial charge on any atom is -0.291 e. The van der Waals surface area contributed by atoms with Crippen LogP contribution in [-0.4, -0.2) is 11.4 Å². The molecule has 20 heavy (non-hydrogen) atoms. The van der Waals surface area contributed by atoms with Crippen LogP contribution in [0, 0.1) is 0 Å². The van der Waals surface area contributed by atoms with Crippen molar-refractivity contribution in [1.82, 2.24) is 4.90 Å². The van der Waals surface area contributed by atoms with Crippen LogP contribution in [0.1, 0.15) is 11.1 Å². The molecule has 0 aliphatic carbocycles. The van der Waals surface area contributed by atoms with Gasteiger partial charge in [-0.3, -0.25) is 4.90 Å². The molecule has 0 radical (unpaired) electrons. The summed E-state index contributed by atoms with van der Waals surface area (Å²) in [5, 5.41) is 1.56. The molecular formula is C17H15Cl2N. The second kappa shape index (κ2) is 5.61. The van der Waals surface area contributed by atoms with E-state index in [1.54, 1.807) is 0 Å². The number of benzene rings is 2. The molecule has 0 unspecified atom stereocenters. The maximum atomic E-state index is 6.15. The highest BCUT2D eigenvalue weighted by Gasteiger charge is 2.19. The van der Waals surface area contributed by atoms with Crippen LogP contribution < -0.4 is 0 Å². The number of halogens is 2. The van der Waals surface area contributed by atoms with E-state index in [1.165, 1.54) is 22.3 Å². The van der Waals surface area contributed by atoms with Crippen LogP contribution in [0.25, 0.3) is 11.1 Å². The Morgan fingerprint density at radius 3 is 1.90 bits per heavy atom. The number of nitrogens with zero attached hydrogens (tertiary/aromatic N) is 1. The van der Waals surface area contributed by atoms with E-state index in [9.17, 15) is 0 Å². The Kier molecular flexibility index (Phi) is 3.84. The summed E-state index contributed by atoms with van der Waals surface area (Å²) in [4.78, 5) is 2.34. The van der Waals surface area contributed by atoms with Gasteiger partial charge in [0.25, 0.3) is 0 Å². The summed E-state index contributed by atoms with van der Waals surface area (Å²) in [6.45, 7) is 6.42. The molecule has 0 fully saturated rings. The number of hydrogen-bond acceptors (Lipinski definition) is 1. The maximum absolute atomic E-state index is 6.15. The number of hydrogen-bond donors (Lipinski definition) is 0. The normalized spacial score (nSPS) is 14.3. The van der Waals surface area contributed by atoms with Crippen LogP contribution in [0.2, 0.25) is 10.0 Å². The van der Waals surface area contributed by atoms with Gasteiger partial charge in [0.15, 0.2) is 0 Å². The molecule has 3 rings (SSSR count). The summed E-state index contributed by atoms with van der Waals surface area (Å²) in [5.74, 6) is 0. The zero-order valence-electron chi connectivity index (χ0n) is 11.1. The first-order valence-electron chi connectivity index (χ1n) is 6.58. The van der Waals surface area contributed by atoms with Gasteiger partial charge in [0.05, 0.1) is 0 Å². The van der Waals surface area contributed by atoms with Gasteiger partial charge >= 0.3 is 0 Å². The summed E-state index contributed by atoms with van der Waals surface area (Å²) in [7, 11) is 0. The van der Waals surface area contributed by atoms with E-state index in [1.807, 2.05) is 18.2 Å². The van der Waals surface area contributed by atoms with Crippen molar-refractivity contribution in [1.29, 1.82) is 0 Å². The van der Waals surface area contributed by atoms with Crippen molar-refractivity contribution in [3.05, 3.63) is 70.2 Å². The van der Waals surface area contributed by atoms with Crippen molar-refractivity contribution in [3.63, 3.8) is 0 Å². The standard InChI is InChI=1S/C17H15Cl2N/c1-2-7-20-10-12-8-14(18)3-5-16(12)17-6-4-15(19)9-13(17)11-20/h2-6,8-9H,1,7,10-11H2. The third-order valence-electron chi connectivity index (χ3n) is 3.60. The quantitative estimate of drug-likeness (QED) is 0.693. The van der Waals surface area contributed by atoms with Crippen molar-refractivity contribution in [2.45, 2.75) is 13.1 Å². The van der Waals surface area contributed by atoms with Gasteiger partial charge in [0.2, 0.25) is 0 Å². The molecule has 2 aromatic carbocycles. The molecule has 2 aromatic rings. The van der Waals surface area contributed by atoms with E-state index in [0.29, 0.717) is 0 Å². The summed E-state index contributed by atoms with van der Waals surface area (Å²) >= 11 is 12.3. The largest absolute Gasteiger partial charge is 0.291 e. The van der Waals surface area contributed by atoms with Gasteiger partial charge in [-0.2, -0.15) is 0 Å². The first-order valence-corrected chi connectivity index (χ1v) is 7.33. The van der Waals surface area contributed by atoms with Gasteiger partial charge in [0, 0.05) is 29.7 Å². The van der Waals surface area contributed by atoms with Crippen molar-refractivity contribution in [2.75, 3.05) is 6.54 Å². The molecule has 3 heteroatoms.